The molecule has 0 unspecified atom stereocenters. The molecule has 0 spiro atoms. The maximum absolute atomic E-state index is 4.45. The molecule has 0 heterocycles. The number of hydrogen-bond donors (Lipinski definition) is 0. The average molecular weight is 226 g/mol. The summed E-state index contributed by atoms with van der Waals surface area (Å²) >= 11 is 0. The van der Waals surface area contributed by atoms with E-state index in [1.54, 1.807) is 18.5 Å². The van der Waals surface area contributed by atoms with E-state index >= 15 is 0 Å². The summed E-state index contributed by atoms with van der Waals surface area (Å²) in [7, 11) is 0. The van der Waals surface area contributed by atoms with E-state index in [1.165, 1.54) is 0 Å². The SMILES string of the molecule is C=CC1=C(N=CC)C(=N/C=C\C)/C(=C\C)C=C1. The fourth-order valence-electron chi connectivity index (χ4n) is 1.56. The van der Waals surface area contributed by atoms with Gasteiger partial charge in [-0.25, -0.2) is 0 Å². The molecule has 0 aromatic carbocycles. The van der Waals surface area contributed by atoms with Gasteiger partial charge in [-0.2, -0.15) is 0 Å². The van der Waals surface area contributed by atoms with Gasteiger partial charge in [-0.05, 0) is 26.3 Å². The molecule has 0 N–H and O–H groups in total. The molecule has 0 radical (unpaired) electrons. The molecule has 2 nitrogen and oxygen atoms in total. The smallest absolute Gasteiger partial charge is 0.0960 e. The molecular weight excluding hydrogens is 208 g/mol. The van der Waals surface area contributed by atoms with Crippen LogP contribution in [0.5, 0.6) is 0 Å². The molecule has 17 heavy (non-hydrogen) atoms. The Morgan fingerprint density at radius 2 is 1.94 bits per heavy atom. The molecule has 2 heteroatoms. The normalized spacial score (nSPS) is 21.4. The monoisotopic (exact) mass is 226 g/mol. The Hall–Kier alpha value is -1.96. The number of rotatable bonds is 3. The van der Waals surface area contributed by atoms with Gasteiger partial charge in [-0.3, -0.25) is 9.98 Å². The molecule has 0 bridgehead atoms. The van der Waals surface area contributed by atoms with Crippen molar-refractivity contribution in [3.8, 4) is 0 Å². The van der Waals surface area contributed by atoms with Crippen molar-refractivity contribution in [3.63, 3.8) is 0 Å². The van der Waals surface area contributed by atoms with E-state index in [1.807, 2.05) is 45.1 Å². The van der Waals surface area contributed by atoms with E-state index in [2.05, 4.69) is 16.6 Å². The van der Waals surface area contributed by atoms with E-state index in [9.17, 15) is 0 Å². The minimum Gasteiger partial charge on any atom is -0.259 e. The highest BCUT2D eigenvalue weighted by Crippen LogP contribution is 2.23. The lowest BCUT2D eigenvalue weighted by Gasteiger charge is -2.14. The minimum absolute atomic E-state index is 0.871. The van der Waals surface area contributed by atoms with Crippen molar-refractivity contribution in [2.24, 2.45) is 9.98 Å². The third kappa shape index (κ3) is 3.00. The Morgan fingerprint density at radius 3 is 2.47 bits per heavy atom. The quantitative estimate of drug-likeness (QED) is 0.650. The van der Waals surface area contributed by atoms with E-state index in [4.69, 9.17) is 0 Å². The van der Waals surface area contributed by atoms with Crippen molar-refractivity contribution in [3.05, 3.63) is 60.0 Å². The van der Waals surface area contributed by atoms with Crippen molar-refractivity contribution in [2.45, 2.75) is 20.8 Å². The van der Waals surface area contributed by atoms with Gasteiger partial charge in [0.2, 0.25) is 0 Å². The first-order valence-corrected chi connectivity index (χ1v) is 5.68. The molecular formula is C15H18N2. The second-order valence-electron chi connectivity index (χ2n) is 3.43. The Balaban J connectivity index is 3.40. The molecule has 0 aromatic heterocycles. The van der Waals surface area contributed by atoms with Gasteiger partial charge in [0.25, 0.3) is 0 Å². The zero-order chi connectivity index (χ0) is 12.7. The summed E-state index contributed by atoms with van der Waals surface area (Å²) in [5.74, 6) is 0. The van der Waals surface area contributed by atoms with Crippen molar-refractivity contribution in [1.82, 2.24) is 0 Å². The zero-order valence-electron chi connectivity index (χ0n) is 10.6. The molecule has 0 atom stereocenters. The molecule has 0 aromatic rings. The van der Waals surface area contributed by atoms with Crippen LogP contribution in [0.25, 0.3) is 0 Å². The van der Waals surface area contributed by atoms with Gasteiger partial charge >= 0.3 is 0 Å². The van der Waals surface area contributed by atoms with E-state index in [-0.39, 0.29) is 0 Å². The second kappa shape index (κ2) is 6.59. The molecule has 0 amide bonds. The molecule has 88 valence electrons. The van der Waals surface area contributed by atoms with E-state index in [0.29, 0.717) is 0 Å². The fraction of sp³-hybridized carbons (Fsp3) is 0.200. The summed E-state index contributed by atoms with van der Waals surface area (Å²) in [6.45, 7) is 9.64. The molecule has 0 saturated heterocycles. The van der Waals surface area contributed by atoms with Crippen LogP contribution in [0, 0.1) is 0 Å². The summed E-state index contributed by atoms with van der Waals surface area (Å²) in [6.07, 6.45) is 13.3. The molecule has 0 saturated carbocycles. The van der Waals surface area contributed by atoms with E-state index in [0.717, 1.165) is 22.6 Å². The molecule has 1 aliphatic carbocycles. The first kappa shape index (κ1) is 13.1. The lowest BCUT2D eigenvalue weighted by atomic mass is 9.96. The van der Waals surface area contributed by atoms with Crippen LogP contribution in [0.2, 0.25) is 0 Å². The van der Waals surface area contributed by atoms with Gasteiger partial charge in [0, 0.05) is 18.0 Å². The number of hydrogen-bond acceptors (Lipinski definition) is 2. The van der Waals surface area contributed by atoms with Crippen LogP contribution in [0.4, 0.5) is 0 Å². The summed E-state index contributed by atoms with van der Waals surface area (Å²) < 4.78 is 0. The molecule has 1 rings (SSSR count). The van der Waals surface area contributed by atoms with Crippen molar-refractivity contribution < 1.29 is 0 Å². The van der Waals surface area contributed by atoms with Crippen molar-refractivity contribution in [2.75, 3.05) is 0 Å². The lowest BCUT2D eigenvalue weighted by Crippen LogP contribution is -2.09. The molecule has 1 aliphatic rings. The largest absolute Gasteiger partial charge is 0.259 e. The fourth-order valence-corrected chi connectivity index (χ4v) is 1.56. The van der Waals surface area contributed by atoms with Crippen LogP contribution < -0.4 is 0 Å². The Morgan fingerprint density at radius 1 is 1.18 bits per heavy atom. The standard InChI is InChI=1S/C15H18N2/c1-5-11-17-15-13(7-3)10-9-12(6-2)14(15)16-8-4/h5-11H,2H2,1,3-4H3/b11-5-,13-7-,16-8?,17-15+. The highest BCUT2D eigenvalue weighted by Gasteiger charge is 2.15. The number of aliphatic imine (C=N–C) groups is 2. The Labute approximate surface area is 103 Å². The van der Waals surface area contributed by atoms with Gasteiger partial charge in [-0.15, -0.1) is 0 Å². The highest BCUT2D eigenvalue weighted by molar-refractivity contribution is 6.16. The second-order valence-corrected chi connectivity index (χ2v) is 3.43. The summed E-state index contributed by atoms with van der Waals surface area (Å²) in [5, 5.41) is 0. The van der Waals surface area contributed by atoms with Crippen LogP contribution in [-0.2, 0) is 0 Å². The van der Waals surface area contributed by atoms with Gasteiger partial charge in [0.15, 0.2) is 0 Å². The molecule has 0 fully saturated rings. The predicted molar refractivity (Wildman–Crippen MR) is 76.5 cm³/mol. The summed E-state index contributed by atoms with van der Waals surface area (Å²) in [5.41, 5.74) is 3.84. The lowest BCUT2D eigenvalue weighted by molar-refractivity contribution is 1.35. The zero-order valence-corrected chi connectivity index (χ0v) is 10.6. The van der Waals surface area contributed by atoms with Crippen LogP contribution in [0.15, 0.2) is 70.0 Å². The minimum atomic E-state index is 0.871. The predicted octanol–water partition coefficient (Wildman–Crippen LogP) is 4.01. The highest BCUT2D eigenvalue weighted by atomic mass is 14.8. The third-order valence-electron chi connectivity index (χ3n) is 2.36. The summed E-state index contributed by atoms with van der Waals surface area (Å²) in [4.78, 5) is 8.84. The van der Waals surface area contributed by atoms with Crippen LogP contribution >= 0.6 is 0 Å². The van der Waals surface area contributed by atoms with Crippen molar-refractivity contribution in [1.29, 1.82) is 0 Å². The number of nitrogens with zero attached hydrogens (tertiary/aromatic N) is 2. The van der Waals surface area contributed by atoms with E-state index < -0.39 is 0 Å². The van der Waals surface area contributed by atoms with Crippen LogP contribution in [0.3, 0.4) is 0 Å². The first-order valence-electron chi connectivity index (χ1n) is 5.68. The van der Waals surface area contributed by atoms with Gasteiger partial charge in [0.05, 0.1) is 11.4 Å². The van der Waals surface area contributed by atoms with Gasteiger partial charge in [-0.1, -0.05) is 37.0 Å². The third-order valence-corrected chi connectivity index (χ3v) is 2.36. The van der Waals surface area contributed by atoms with Crippen molar-refractivity contribution >= 4 is 11.9 Å². The Bertz CT molecular complexity index is 469. The number of allylic oxidation sites excluding steroid dienone is 7. The topological polar surface area (TPSA) is 24.7 Å². The van der Waals surface area contributed by atoms with Gasteiger partial charge in [0.1, 0.15) is 0 Å². The average Bonchev–Trinajstić information content (AvgIpc) is 2.37. The van der Waals surface area contributed by atoms with Crippen LogP contribution in [0.1, 0.15) is 20.8 Å². The summed E-state index contributed by atoms with van der Waals surface area (Å²) in [6, 6.07) is 0. The van der Waals surface area contributed by atoms with Gasteiger partial charge < -0.3 is 0 Å². The molecule has 0 aliphatic heterocycles. The van der Waals surface area contributed by atoms with Crippen LogP contribution in [-0.4, -0.2) is 11.9 Å². The maximum Gasteiger partial charge on any atom is 0.0960 e. The first-order chi connectivity index (χ1) is 8.28. The maximum atomic E-state index is 4.45. The Kier molecular flexibility index (Phi) is 5.08.